The maximum Gasteiger partial charge on any atom is 0.292 e. The quantitative estimate of drug-likeness (QED) is 0.647. The maximum atomic E-state index is 11.0. The lowest BCUT2D eigenvalue weighted by molar-refractivity contribution is -0.384. The topological polar surface area (TPSA) is 64.4 Å². The summed E-state index contributed by atoms with van der Waals surface area (Å²) in [6.07, 6.45) is 0. The SMILES string of the molecule is COCc1cccc(CNc2cc(Cl)ccc2[N+](=O)[O-])c1. The lowest BCUT2D eigenvalue weighted by Crippen LogP contribution is -2.03. The van der Waals surface area contributed by atoms with E-state index in [9.17, 15) is 10.1 Å². The number of nitro benzene ring substituents is 1. The largest absolute Gasteiger partial charge is 0.380 e. The molecule has 1 N–H and O–H groups in total. The zero-order chi connectivity index (χ0) is 15.2. The van der Waals surface area contributed by atoms with E-state index in [0.29, 0.717) is 23.9 Å². The van der Waals surface area contributed by atoms with Crippen LogP contribution in [0.5, 0.6) is 0 Å². The smallest absolute Gasteiger partial charge is 0.292 e. The molecule has 0 saturated carbocycles. The number of nitro groups is 1. The molecule has 0 aromatic heterocycles. The third kappa shape index (κ3) is 4.18. The number of anilines is 1. The summed E-state index contributed by atoms with van der Waals surface area (Å²) in [4.78, 5) is 10.6. The first-order valence-electron chi connectivity index (χ1n) is 6.34. The molecule has 0 bridgehead atoms. The number of nitrogens with zero attached hydrogens (tertiary/aromatic N) is 1. The van der Waals surface area contributed by atoms with Gasteiger partial charge in [0.05, 0.1) is 11.5 Å². The van der Waals surface area contributed by atoms with Crippen LogP contribution < -0.4 is 5.32 Å². The van der Waals surface area contributed by atoms with Gasteiger partial charge in [-0.3, -0.25) is 10.1 Å². The van der Waals surface area contributed by atoms with Gasteiger partial charge in [0.2, 0.25) is 0 Å². The Hall–Kier alpha value is -2.11. The normalized spacial score (nSPS) is 10.4. The van der Waals surface area contributed by atoms with Gasteiger partial charge in [0.25, 0.3) is 5.69 Å². The van der Waals surface area contributed by atoms with Crippen molar-refractivity contribution in [1.82, 2.24) is 0 Å². The summed E-state index contributed by atoms with van der Waals surface area (Å²) in [6.45, 7) is 1.00. The molecule has 0 amide bonds. The summed E-state index contributed by atoms with van der Waals surface area (Å²) in [6, 6.07) is 12.3. The Morgan fingerprint density at radius 1 is 1.24 bits per heavy atom. The first-order valence-corrected chi connectivity index (χ1v) is 6.72. The van der Waals surface area contributed by atoms with Crippen molar-refractivity contribution >= 4 is 23.0 Å². The molecule has 0 saturated heterocycles. The van der Waals surface area contributed by atoms with Crippen LogP contribution in [0.3, 0.4) is 0 Å². The molecule has 0 fully saturated rings. The molecule has 2 aromatic carbocycles. The van der Waals surface area contributed by atoms with Crippen molar-refractivity contribution in [3.05, 3.63) is 68.7 Å². The Kier molecular flexibility index (Phi) is 5.14. The van der Waals surface area contributed by atoms with Gasteiger partial charge in [-0.25, -0.2) is 0 Å². The lowest BCUT2D eigenvalue weighted by atomic mass is 10.1. The fourth-order valence-electron chi connectivity index (χ4n) is 2.00. The Morgan fingerprint density at radius 2 is 2.00 bits per heavy atom. The molecule has 0 aliphatic rings. The minimum absolute atomic E-state index is 0.00689. The first kappa shape index (κ1) is 15.3. The summed E-state index contributed by atoms with van der Waals surface area (Å²) >= 11 is 5.89. The second-order valence-electron chi connectivity index (χ2n) is 4.53. The first-order chi connectivity index (χ1) is 10.1. The molecule has 6 heteroatoms. The van der Waals surface area contributed by atoms with Crippen LogP contribution >= 0.6 is 11.6 Å². The van der Waals surface area contributed by atoms with Crippen LogP contribution in [0.4, 0.5) is 11.4 Å². The van der Waals surface area contributed by atoms with Gasteiger partial charge in [-0.15, -0.1) is 0 Å². The number of rotatable bonds is 6. The van der Waals surface area contributed by atoms with Crippen LogP contribution in [0, 0.1) is 10.1 Å². The fraction of sp³-hybridized carbons (Fsp3) is 0.200. The van der Waals surface area contributed by atoms with Crippen molar-refractivity contribution in [2.24, 2.45) is 0 Å². The Labute approximate surface area is 127 Å². The molecule has 0 aliphatic carbocycles. The molecule has 0 atom stereocenters. The van der Waals surface area contributed by atoms with E-state index in [1.807, 2.05) is 24.3 Å². The van der Waals surface area contributed by atoms with Crippen LogP contribution in [-0.4, -0.2) is 12.0 Å². The Bertz CT molecular complexity index is 647. The van der Waals surface area contributed by atoms with Gasteiger partial charge in [0.15, 0.2) is 0 Å². The van der Waals surface area contributed by atoms with Crippen LogP contribution in [-0.2, 0) is 17.9 Å². The van der Waals surface area contributed by atoms with E-state index in [4.69, 9.17) is 16.3 Å². The Morgan fingerprint density at radius 3 is 2.71 bits per heavy atom. The molecule has 0 spiro atoms. The predicted octanol–water partition coefficient (Wildman–Crippen LogP) is 4.01. The van der Waals surface area contributed by atoms with Crippen LogP contribution in [0.1, 0.15) is 11.1 Å². The van der Waals surface area contributed by atoms with Crippen molar-refractivity contribution in [2.75, 3.05) is 12.4 Å². The monoisotopic (exact) mass is 306 g/mol. The number of hydrogen-bond acceptors (Lipinski definition) is 4. The van der Waals surface area contributed by atoms with Crippen molar-refractivity contribution < 1.29 is 9.66 Å². The predicted molar refractivity (Wildman–Crippen MR) is 82.6 cm³/mol. The molecule has 0 radical (unpaired) electrons. The molecule has 0 aliphatic heterocycles. The van der Waals surface area contributed by atoms with E-state index in [2.05, 4.69) is 5.32 Å². The number of nitrogens with one attached hydrogen (secondary N) is 1. The molecule has 2 rings (SSSR count). The molecule has 5 nitrogen and oxygen atoms in total. The molecular weight excluding hydrogens is 292 g/mol. The number of ether oxygens (including phenoxy) is 1. The zero-order valence-electron chi connectivity index (χ0n) is 11.5. The van der Waals surface area contributed by atoms with E-state index < -0.39 is 4.92 Å². The molecule has 21 heavy (non-hydrogen) atoms. The van der Waals surface area contributed by atoms with Gasteiger partial charge in [-0.1, -0.05) is 35.9 Å². The fourth-order valence-corrected chi connectivity index (χ4v) is 2.17. The van der Waals surface area contributed by atoms with Gasteiger partial charge in [0, 0.05) is 24.7 Å². The van der Waals surface area contributed by atoms with Crippen molar-refractivity contribution in [3.8, 4) is 0 Å². The summed E-state index contributed by atoms with van der Waals surface area (Å²) in [7, 11) is 1.64. The average Bonchev–Trinajstić information content (AvgIpc) is 2.45. The van der Waals surface area contributed by atoms with E-state index in [-0.39, 0.29) is 5.69 Å². The highest BCUT2D eigenvalue weighted by molar-refractivity contribution is 6.31. The van der Waals surface area contributed by atoms with Crippen LogP contribution in [0.15, 0.2) is 42.5 Å². The van der Waals surface area contributed by atoms with Crippen LogP contribution in [0.2, 0.25) is 5.02 Å². The van der Waals surface area contributed by atoms with Gasteiger partial charge >= 0.3 is 0 Å². The van der Waals surface area contributed by atoms with Crippen molar-refractivity contribution in [2.45, 2.75) is 13.2 Å². The molecular formula is C15H15ClN2O3. The molecule has 0 heterocycles. The second-order valence-corrected chi connectivity index (χ2v) is 4.96. The van der Waals surface area contributed by atoms with E-state index in [1.54, 1.807) is 13.2 Å². The zero-order valence-corrected chi connectivity index (χ0v) is 12.3. The number of halogens is 1. The van der Waals surface area contributed by atoms with E-state index in [1.165, 1.54) is 12.1 Å². The highest BCUT2D eigenvalue weighted by Crippen LogP contribution is 2.28. The van der Waals surface area contributed by atoms with E-state index >= 15 is 0 Å². The lowest BCUT2D eigenvalue weighted by Gasteiger charge is -2.09. The summed E-state index contributed by atoms with van der Waals surface area (Å²) in [5.41, 5.74) is 2.48. The highest BCUT2D eigenvalue weighted by Gasteiger charge is 2.13. The van der Waals surface area contributed by atoms with Crippen LogP contribution in [0.25, 0.3) is 0 Å². The van der Waals surface area contributed by atoms with E-state index in [0.717, 1.165) is 11.1 Å². The Balaban J connectivity index is 2.14. The summed E-state index contributed by atoms with van der Waals surface area (Å²) < 4.78 is 5.08. The molecule has 110 valence electrons. The van der Waals surface area contributed by atoms with Crippen molar-refractivity contribution in [3.63, 3.8) is 0 Å². The van der Waals surface area contributed by atoms with Gasteiger partial charge in [0.1, 0.15) is 5.69 Å². The maximum absolute atomic E-state index is 11.0. The summed E-state index contributed by atoms with van der Waals surface area (Å²) in [5.74, 6) is 0. The van der Waals surface area contributed by atoms with Crippen molar-refractivity contribution in [1.29, 1.82) is 0 Å². The van der Waals surface area contributed by atoms with Gasteiger partial charge in [-0.05, 0) is 23.3 Å². The highest BCUT2D eigenvalue weighted by atomic mass is 35.5. The second kappa shape index (κ2) is 7.06. The van der Waals surface area contributed by atoms with Gasteiger partial charge < -0.3 is 10.1 Å². The third-order valence-corrected chi connectivity index (χ3v) is 3.18. The minimum atomic E-state index is -0.431. The number of hydrogen-bond donors (Lipinski definition) is 1. The number of methoxy groups -OCH3 is 1. The standard InChI is InChI=1S/C15H15ClN2O3/c1-21-10-12-4-2-3-11(7-12)9-17-14-8-13(16)5-6-15(14)18(19)20/h2-8,17H,9-10H2,1H3. The minimum Gasteiger partial charge on any atom is -0.380 e. The molecule has 0 unspecified atom stereocenters. The third-order valence-electron chi connectivity index (χ3n) is 2.94. The average molecular weight is 307 g/mol. The van der Waals surface area contributed by atoms with Gasteiger partial charge in [-0.2, -0.15) is 0 Å². The number of benzene rings is 2. The summed E-state index contributed by atoms with van der Waals surface area (Å²) in [5, 5.41) is 14.5. The molecule has 2 aromatic rings.